The van der Waals surface area contributed by atoms with Gasteiger partial charge in [0.25, 0.3) is 0 Å². The van der Waals surface area contributed by atoms with Crippen LogP contribution in [0.1, 0.15) is 50.6 Å². The Morgan fingerprint density at radius 3 is 2.86 bits per heavy atom. The van der Waals surface area contributed by atoms with Crippen molar-refractivity contribution in [2.75, 3.05) is 12.0 Å². The second-order valence-corrected chi connectivity index (χ2v) is 7.43. The highest BCUT2D eigenvalue weighted by Crippen LogP contribution is 2.33. The smallest absolute Gasteiger partial charge is 0.241 e. The fraction of sp³-hybridized carbons (Fsp3) is 0.688. The van der Waals surface area contributed by atoms with E-state index in [9.17, 15) is 4.79 Å². The monoisotopic (exact) mass is 326 g/mol. The first-order chi connectivity index (χ1) is 10.2. The van der Waals surface area contributed by atoms with E-state index in [1.165, 1.54) is 4.88 Å². The second kappa shape index (κ2) is 8.20. The highest BCUT2D eigenvalue weighted by molar-refractivity contribution is 7.98. The maximum Gasteiger partial charge on any atom is 0.241 e. The van der Waals surface area contributed by atoms with Gasteiger partial charge in [-0.25, -0.2) is 0 Å². The van der Waals surface area contributed by atoms with Crippen LogP contribution in [-0.4, -0.2) is 34.9 Å². The third kappa shape index (κ3) is 3.82. The molecule has 1 aromatic heterocycles. The molecule has 0 radical (unpaired) electrons. The van der Waals surface area contributed by atoms with Crippen molar-refractivity contribution in [1.29, 1.82) is 0 Å². The van der Waals surface area contributed by atoms with Gasteiger partial charge in [0.05, 0.1) is 6.04 Å². The van der Waals surface area contributed by atoms with E-state index in [1.54, 1.807) is 11.3 Å². The fourth-order valence-electron chi connectivity index (χ4n) is 2.91. The lowest BCUT2D eigenvalue weighted by Gasteiger charge is -2.31. The van der Waals surface area contributed by atoms with Gasteiger partial charge in [0, 0.05) is 16.7 Å². The van der Waals surface area contributed by atoms with Crippen molar-refractivity contribution in [1.82, 2.24) is 10.2 Å². The fourth-order valence-corrected chi connectivity index (χ4v) is 4.47. The Balaban J connectivity index is 2.20. The molecular weight excluding hydrogens is 300 g/mol. The number of hydrogen-bond acceptors (Lipinski definition) is 4. The molecule has 1 N–H and O–H groups in total. The maximum atomic E-state index is 12.9. The molecule has 0 saturated carbocycles. The van der Waals surface area contributed by atoms with Crippen LogP contribution in [0.5, 0.6) is 0 Å². The van der Waals surface area contributed by atoms with Crippen LogP contribution in [0.4, 0.5) is 0 Å². The van der Waals surface area contributed by atoms with Gasteiger partial charge < -0.3 is 4.90 Å². The number of carbonyl (C=O) groups is 1. The molecular formula is C16H26N2OS2. The summed E-state index contributed by atoms with van der Waals surface area (Å²) in [7, 11) is 0. The van der Waals surface area contributed by atoms with Crippen LogP contribution in [0.25, 0.3) is 0 Å². The summed E-state index contributed by atoms with van der Waals surface area (Å²) in [5, 5.41) is 5.67. The molecule has 0 aliphatic carbocycles. The number of nitrogens with one attached hydrogen (secondary N) is 1. The predicted molar refractivity (Wildman–Crippen MR) is 92.8 cm³/mol. The van der Waals surface area contributed by atoms with Crippen molar-refractivity contribution in [3.63, 3.8) is 0 Å². The van der Waals surface area contributed by atoms with Gasteiger partial charge in [0.1, 0.15) is 6.17 Å². The molecule has 3 nitrogen and oxygen atoms in total. The molecule has 0 aromatic carbocycles. The molecule has 1 amide bonds. The predicted octanol–water partition coefficient (Wildman–Crippen LogP) is 3.88. The molecule has 3 atom stereocenters. The molecule has 1 saturated heterocycles. The summed E-state index contributed by atoms with van der Waals surface area (Å²) in [6, 6.07) is 4.52. The molecule has 2 heterocycles. The highest BCUT2D eigenvalue weighted by atomic mass is 32.2. The second-order valence-electron chi connectivity index (χ2n) is 5.54. The molecule has 3 unspecified atom stereocenters. The van der Waals surface area contributed by atoms with Gasteiger partial charge in [0.2, 0.25) is 5.91 Å². The SMILES string of the molecule is CCCCC1NC(c2cccs2)N(C(CC)CSC)C1=O. The van der Waals surface area contributed by atoms with Gasteiger partial charge in [-0.3, -0.25) is 10.1 Å². The van der Waals surface area contributed by atoms with E-state index in [-0.39, 0.29) is 12.2 Å². The van der Waals surface area contributed by atoms with E-state index in [0.717, 1.165) is 31.4 Å². The minimum Gasteiger partial charge on any atom is -0.317 e. The molecule has 2 rings (SSSR count). The maximum absolute atomic E-state index is 12.9. The lowest BCUT2D eigenvalue weighted by Crippen LogP contribution is -2.41. The quantitative estimate of drug-likeness (QED) is 0.787. The topological polar surface area (TPSA) is 32.3 Å². The number of thiophene rings is 1. The number of thioether (sulfide) groups is 1. The van der Waals surface area contributed by atoms with Crippen LogP contribution in [0, 0.1) is 0 Å². The summed E-state index contributed by atoms with van der Waals surface area (Å²) in [4.78, 5) is 16.2. The number of nitrogens with zero attached hydrogens (tertiary/aromatic N) is 1. The first kappa shape index (κ1) is 16.8. The van der Waals surface area contributed by atoms with Crippen molar-refractivity contribution in [2.45, 2.75) is 57.8 Å². The Labute approximate surface area is 136 Å². The summed E-state index contributed by atoms with van der Waals surface area (Å²) < 4.78 is 0. The zero-order valence-corrected chi connectivity index (χ0v) is 14.8. The number of hydrogen-bond donors (Lipinski definition) is 1. The van der Waals surface area contributed by atoms with Gasteiger partial charge in [-0.05, 0) is 30.5 Å². The Bertz CT molecular complexity index is 435. The lowest BCUT2D eigenvalue weighted by molar-refractivity contribution is -0.132. The van der Waals surface area contributed by atoms with E-state index in [2.05, 4.69) is 47.8 Å². The third-order valence-corrected chi connectivity index (χ3v) is 5.72. The number of unbranched alkanes of at least 4 members (excludes halogenated alkanes) is 1. The van der Waals surface area contributed by atoms with Gasteiger partial charge in [-0.1, -0.05) is 32.8 Å². The number of rotatable bonds is 8. The summed E-state index contributed by atoms with van der Waals surface area (Å²) in [5.74, 6) is 1.30. The van der Waals surface area contributed by atoms with Crippen LogP contribution < -0.4 is 5.32 Å². The first-order valence-corrected chi connectivity index (χ1v) is 10.1. The molecule has 0 spiro atoms. The molecule has 1 aromatic rings. The minimum absolute atomic E-state index is 0.00652. The minimum atomic E-state index is -0.00652. The van der Waals surface area contributed by atoms with Crippen molar-refractivity contribution < 1.29 is 4.79 Å². The highest BCUT2D eigenvalue weighted by Gasteiger charge is 2.42. The Hall–Kier alpha value is -0.520. The van der Waals surface area contributed by atoms with Crippen molar-refractivity contribution >= 4 is 29.0 Å². The van der Waals surface area contributed by atoms with Gasteiger partial charge >= 0.3 is 0 Å². The summed E-state index contributed by atoms with van der Waals surface area (Å²) >= 11 is 3.56. The zero-order valence-electron chi connectivity index (χ0n) is 13.2. The summed E-state index contributed by atoms with van der Waals surface area (Å²) in [6.07, 6.45) is 6.38. The number of carbonyl (C=O) groups excluding carboxylic acids is 1. The van der Waals surface area contributed by atoms with Crippen molar-refractivity contribution in [3.05, 3.63) is 22.4 Å². The van der Waals surface area contributed by atoms with Crippen molar-refractivity contribution in [3.8, 4) is 0 Å². The molecule has 118 valence electrons. The molecule has 5 heteroatoms. The standard InChI is InChI=1S/C16H26N2OS2/c1-4-6-8-13-16(19)18(12(5-2)11-20-3)15(17-13)14-9-7-10-21-14/h7,9-10,12-13,15,17H,4-6,8,11H2,1-3H3. The Kier molecular flexibility index (Phi) is 6.58. The Morgan fingerprint density at radius 2 is 2.29 bits per heavy atom. The van der Waals surface area contributed by atoms with Gasteiger partial charge in [-0.2, -0.15) is 11.8 Å². The van der Waals surface area contributed by atoms with Crippen molar-refractivity contribution in [2.24, 2.45) is 0 Å². The zero-order chi connectivity index (χ0) is 15.2. The molecule has 1 fully saturated rings. The van der Waals surface area contributed by atoms with E-state index < -0.39 is 0 Å². The average molecular weight is 327 g/mol. The van der Waals surface area contributed by atoms with Crippen LogP contribution >= 0.6 is 23.1 Å². The van der Waals surface area contributed by atoms with E-state index in [0.29, 0.717) is 11.9 Å². The van der Waals surface area contributed by atoms with E-state index in [4.69, 9.17) is 0 Å². The van der Waals surface area contributed by atoms with Crippen LogP contribution in [0.15, 0.2) is 17.5 Å². The third-order valence-electron chi connectivity index (χ3n) is 4.07. The van der Waals surface area contributed by atoms with E-state index >= 15 is 0 Å². The normalized spacial score (nSPS) is 23.8. The molecule has 21 heavy (non-hydrogen) atoms. The van der Waals surface area contributed by atoms with Gasteiger partial charge in [0.15, 0.2) is 0 Å². The lowest BCUT2D eigenvalue weighted by atomic mass is 10.1. The molecule has 1 aliphatic rings. The number of amides is 1. The van der Waals surface area contributed by atoms with Crippen LogP contribution in [-0.2, 0) is 4.79 Å². The Morgan fingerprint density at radius 1 is 1.48 bits per heavy atom. The largest absolute Gasteiger partial charge is 0.317 e. The summed E-state index contributed by atoms with van der Waals surface area (Å²) in [5.41, 5.74) is 0. The molecule has 1 aliphatic heterocycles. The average Bonchev–Trinajstić information content (AvgIpc) is 3.11. The first-order valence-electron chi connectivity index (χ1n) is 7.83. The van der Waals surface area contributed by atoms with E-state index in [1.807, 2.05) is 11.8 Å². The summed E-state index contributed by atoms with van der Waals surface area (Å²) in [6.45, 7) is 4.36. The van der Waals surface area contributed by atoms with Crippen LogP contribution in [0.2, 0.25) is 0 Å². The van der Waals surface area contributed by atoms with Crippen LogP contribution in [0.3, 0.4) is 0 Å². The van der Waals surface area contributed by atoms with Gasteiger partial charge in [-0.15, -0.1) is 11.3 Å². The molecule has 0 bridgehead atoms.